The van der Waals surface area contributed by atoms with Crippen LogP contribution in [0.25, 0.3) is 11.4 Å². The number of imidazole rings is 1. The average Bonchev–Trinajstić information content (AvgIpc) is 2.94. The number of nitrogens with one attached hydrogen (secondary N) is 1. The van der Waals surface area contributed by atoms with Crippen LogP contribution in [-0.4, -0.2) is 46.8 Å². The summed E-state index contributed by atoms with van der Waals surface area (Å²) in [6.07, 6.45) is 1.35. The van der Waals surface area contributed by atoms with Gasteiger partial charge in [-0.05, 0) is 50.0 Å². The van der Waals surface area contributed by atoms with Gasteiger partial charge in [0, 0.05) is 32.5 Å². The summed E-state index contributed by atoms with van der Waals surface area (Å²) in [6.45, 7) is 7.90. The zero-order valence-corrected chi connectivity index (χ0v) is 19.5. The largest absolute Gasteiger partial charge is 0.359 e. The first kappa shape index (κ1) is 24.0. The predicted molar refractivity (Wildman–Crippen MR) is 119 cm³/mol. The molecule has 0 spiro atoms. The number of amides is 1. The van der Waals surface area contributed by atoms with E-state index in [1.54, 1.807) is 7.05 Å². The second-order valence-electron chi connectivity index (χ2n) is 9.80. The molecule has 1 atom stereocenters. The molecule has 0 saturated heterocycles. The summed E-state index contributed by atoms with van der Waals surface area (Å²) in [4.78, 5) is 32.5. The molecule has 1 aromatic heterocycles. The van der Waals surface area contributed by atoms with Crippen LogP contribution in [0.4, 0.5) is 8.78 Å². The van der Waals surface area contributed by atoms with Gasteiger partial charge in [-0.1, -0.05) is 20.8 Å². The summed E-state index contributed by atoms with van der Waals surface area (Å²) in [6, 6.07) is 3.24. The maximum absolute atomic E-state index is 14.6. The third kappa shape index (κ3) is 5.41. The van der Waals surface area contributed by atoms with Crippen LogP contribution in [0.2, 0.25) is 0 Å². The van der Waals surface area contributed by atoms with Crippen LogP contribution in [-0.2, 0) is 17.9 Å². The number of carbonyl (C=O) groups excluding carboxylic acids is 2. The molecule has 1 amide bonds. The van der Waals surface area contributed by atoms with Crippen LogP contribution in [0.15, 0.2) is 18.2 Å². The van der Waals surface area contributed by atoms with Crippen molar-refractivity contribution in [1.29, 1.82) is 0 Å². The van der Waals surface area contributed by atoms with E-state index in [4.69, 9.17) is 0 Å². The van der Waals surface area contributed by atoms with Gasteiger partial charge < -0.3 is 14.8 Å². The first-order valence-electron chi connectivity index (χ1n) is 11.0. The van der Waals surface area contributed by atoms with Gasteiger partial charge in [0.15, 0.2) is 5.78 Å². The molecule has 174 valence electrons. The van der Waals surface area contributed by atoms with Crippen LogP contribution in [0.5, 0.6) is 0 Å². The van der Waals surface area contributed by atoms with Crippen molar-refractivity contribution in [3.8, 4) is 11.4 Å². The normalized spacial score (nSPS) is 15.7. The van der Waals surface area contributed by atoms with E-state index in [1.165, 1.54) is 0 Å². The lowest BCUT2D eigenvalue weighted by Crippen LogP contribution is -2.32. The monoisotopic (exact) mass is 446 g/mol. The molecule has 0 fully saturated rings. The Bertz CT molecular complexity index is 1010. The van der Waals surface area contributed by atoms with Crippen molar-refractivity contribution in [2.24, 2.45) is 11.3 Å². The van der Waals surface area contributed by atoms with E-state index in [0.717, 1.165) is 31.2 Å². The number of Topliss-reactive ketones (excluding diaryl/α,β-unsaturated/α-hetero) is 1. The fraction of sp³-hybridized carbons (Fsp3) is 0.542. The number of carbonyl (C=O) groups is 2. The summed E-state index contributed by atoms with van der Waals surface area (Å²) in [5.41, 5.74) is 0.811. The van der Waals surface area contributed by atoms with Crippen LogP contribution < -0.4 is 5.32 Å². The molecule has 32 heavy (non-hydrogen) atoms. The van der Waals surface area contributed by atoms with E-state index < -0.39 is 17.6 Å². The first-order valence-corrected chi connectivity index (χ1v) is 11.0. The van der Waals surface area contributed by atoms with Gasteiger partial charge in [0.05, 0.1) is 11.3 Å². The van der Waals surface area contributed by atoms with Crippen molar-refractivity contribution in [1.82, 2.24) is 19.8 Å². The highest BCUT2D eigenvalue weighted by atomic mass is 19.1. The summed E-state index contributed by atoms with van der Waals surface area (Å²) >= 11 is 0. The number of aromatic nitrogens is 2. The number of nitrogens with zero attached hydrogens (tertiary/aromatic N) is 3. The van der Waals surface area contributed by atoms with E-state index in [0.29, 0.717) is 25.2 Å². The van der Waals surface area contributed by atoms with E-state index in [2.05, 4.69) is 15.2 Å². The molecule has 1 N–H and O–H groups in total. The van der Waals surface area contributed by atoms with Crippen LogP contribution in [0, 0.1) is 23.0 Å². The van der Waals surface area contributed by atoms with Crippen LogP contribution in [0.1, 0.15) is 56.2 Å². The Morgan fingerprint density at radius 1 is 1.22 bits per heavy atom. The molecular weight excluding hydrogens is 414 g/mol. The zero-order valence-electron chi connectivity index (χ0n) is 19.5. The van der Waals surface area contributed by atoms with Crippen molar-refractivity contribution in [3.63, 3.8) is 0 Å². The summed E-state index contributed by atoms with van der Waals surface area (Å²) in [7, 11) is 3.51. The van der Waals surface area contributed by atoms with E-state index in [-0.39, 0.29) is 40.6 Å². The molecular formula is C24H32F2N4O2. The molecule has 0 radical (unpaired) electrons. The molecule has 0 saturated carbocycles. The standard InChI is InChI=1S/C24H32F2N4O2/c1-24(2,3)13-15(23(32)27-4)11-20(31)21-19-14-29(5)9-6-10-30(19)22(28-21)17-12-16(25)7-8-18(17)26/h7-8,12,15H,6,9-11,13-14H2,1-5H3,(H,27,32)/t15-/m0/s1. The molecule has 2 aromatic rings. The Morgan fingerprint density at radius 2 is 1.94 bits per heavy atom. The highest BCUT2D eigenvalue weighted by Gasteiger charge is 2.31. The molecule has 0 bridgehead atoms. The number of hydrogen-bond donors (Lipinski definition) is 1. The van der Waals surface area contributed by atoms with Gasteiger partial charge in [0.1, 0.15) is 23.2 Å². The number of benzene rings is 1. The Hall–Kier alpha value is -2.61. The fourth-order valence-corrected chi connectivity index (χ4v) is 4.34. The predicted octanol–water partition coefficient (Wildman–Crippen LogP) is 4.04. The minimum absolute atomic E-state index is 0.00967. The Labute approximate surface area is 188 Å². The lowest BCUT2D eigenvalue weighted by atomic mass is 9.81. The molecule has 8 heteroatoms. The smallest absolute Gasteiger partial charge is 0.223 e. The van der Waals surface area contributed by atoms with Gasteiger partial charge >= 0.3 is 0 Å². The summed E-state index contributed by atoms with van der Waals surface area (Å²) in [5.74, 6) is -1.85. The second kappa shape index (κ2) is 9.48. The van der Waals surface area contributed by atoms with Gasteiger partial charge in [-0.3, -0.25) is 9.59 Å². The van der Waals surface area contributed by atoms with Crippen molar-refractivity contribution in [2.75, 3.05) is 20.6 Å². The highest BCUT2D eigenvalue weighted by Crippen LogP contribution is 2.31. The van der Waals surface area contributed by atoms with Crippen molar-refractivity contribution >= 4 is 11.7 Å². The van der Waals surface area contributed by atoms with Crippen LogP contribution >= 0.6 is 0 Å². The minimum Gasteiger partial charge on any atom is -0.359 e. The minimum atomic E-state index is -0.591. The Balaban J connectivity index is 2.05. The lowest BCUT2D eigenvalue weighted by molar-refractivity contribution is -0.125. The lowest BCUT2D eigenvalue weighted by Gasteiger charge is -2.24. The second-order valence-corrected chi connectivity index (χ2v) is 9.80. The Morgan fingerprint density at radius 3 is 2.59 bits per heavy atom. The molecule has 1 aliphatic rings. The van der Waals surface area contributed by atoms with Gasteiger partial charge in [-0.15, -0.1) is 0 Å². The maximum Gasteiger partial charge on any atom is 0.223 e. The molecule has 3 rings (SSSR count). The average molecular weight is 447 g/mol. The van der Waals surface area contributed by atoms with Crippen LogP contribution in [0.3, 0.4) is 0 Å². The summed E-state index contributed by atoms with van der Waals surface area (Å²) < 4.78 is 30.3. The van der Waals surface area contributed by atoms with Gasteiger partial charge in [0.2, 0.25) is 5.91 Å². The van der Waals surface area contributed by atoms with Gasteiger partial charge in [-0.25, -0.2) is 13.8 Å². The summed E-state index contributed by atoms with van der Waals surface area (Å²) in [5, 5.41) is 2.65. The van der Waals surface area contributed by atoms with E-state index in [1.807, 2.05) is 32.4 Å². The number of halogens is 2. The third-order valence-electron chi connectivity index (χ3n) is 5.75. The fourth-order valence-electron chi connectivity index (χ4n) is 4.34. The molecule has 0 aliphatic carbocycles. The van der Waals surface area contributed by atoms with Crippen molar-refractivity contribution < 1.29 is 18.4 Å². The van der Waals surface area contributed by atoms with E-state index >= 15 is 0 Å². The topological polar surface area (TPSA) is 67.2 Å². The number of ketones is 1. The SMILES string of the molecule is CNC(=O)[C@@H](CC(=O)c1nc(-c2cc(F)ccc2F)n2c1CN(C)CCC2)CC(C)(C)C. The maximum atomic E-state index is 14.6. The van der Waals surface area contributed by atoms with E-state index in [9.17, 15) is 18.4 Å². The molecule has 1 aliphatic heterocycles. The number of rotatable bonds is 6. The third-order valence-corrected chi connectivity index (χ3v) is 5.75. The van der Waals surface area contributed by atoms with Gasteiger partial charge in [0.25, 0.3) is 0 Å². The Kier molecular flexibility index (Phi) is 7.12. The number of fused-ring (bicyclic) bond motifs is 1. The first-order chi connectivity index (χ1) is 15.0. The van der Waals surface area contributed by atoms with Gasteiger partial charge in [-0.2, -0.15) is 0 Å². The highest BCUT2D eigenvalue weighted by molar-refractivity contribution is 5.98. The van der Waals surface area contributed by atoms with Crippen molar-refractivity contribution in [2.45, 2.75) is 53.1 Å². The van der Waals surface area contributed by atoms with Crippen molar-refractivity contribution in [3.05, 3.63) is 41.2 Å². The molecule has 6 nitrogen and oxygen atoms in total. The molecule has 1 aromatic carbocycles. The quantitative estimate of drug-likeness (QED) is 0.681. The number of hydrogen-bond acceptors (Lipinski definition) is 4. The zero-order chi connectivity index (χ0) is 23.6. The molecule has 2 heterocycles. The molecule has 0 unspecified atom stereocenters.